The number of ether oxygens (including phenoxy) is 2. The van der Waals surface area contributed by atoms with E-state index in [-0.39, 0.29) is 24.4 Å². The molecular weight excluding hydrogens is 516 g/mol. The number of aryl methyl sites for hydroxylation is 1. The predicted molar refractivity (Wildman–Crippen MR) is 151 cm³/mol. The Labute approximate surface area is 232 Å². The molecule has 0 aliphatic heterocycles. The number of methoxy groups -OCH3 is 2. The molecule has 8 nitrogen and oxygen atoms in total. The number of rotatable bonds is 9. The quantitative estimate of drug-likeness (QED) is 0.289. The van der Waals surface area contributed by atoms with Gasteiger partial charge in [-0.05, 0) is 56.2 Å². The van der Waals surface area contributed by atoms with Gasteiger partial charge in [0.25, 0.3) is 5.91 Å². The molecule has 3 aromatic carbocycles. The Kier molecular flexibility index (Phi) is 7.56. The second-order valence-corrected chi connectivity index (χ2v) is 9.88. The summed E-state index contributed by atoms with van der Waals surface area (Å²) in [6.07, 6.45) is 3.59. The summed E-state index contributed by atoms with van der Waals surface area (Å²) >= 11 is 6.08. The van der Waals surface area contributed by atoms with E-state index in [0.29, 0.717) is 39.4 Å². The molecule has 1 aliphatic rings. The zero-order chi connectivity index (χ0) is 27.5. The fraction of sp³-hybridized carbons (Fsp3) is 0.233. The third kappa shape index (κ3) is 5.91. The number of nitrogens with zero attached hydrogens (tertiary/aromatic N) is 3. The predicted octanol–water partition coefficient (Wildman–Crippen LogP) is 5.76. The molecule has 0 bridgehead atoms. The van der Waals surface area contributed by atoms with Crippen LogP contribution in [-0.4, -0.2) is 53.1 Å². The maximum atomic E-state index is 13.3. The van der Waals surface area contributed by atoms with Gasteiger partial charge in [0, 0.05) is 34.5 Å². The topological polar surface area (TPSA) is 85.7 Å². The minimum atomic E-state index is -0.336. The van der Waals surface area contributed by atoms with Crippen LogP contribution < -0.4 is 14.8 Å². The van der Waals surface area contributed by atoms with Crippen molar-refractivity contribution in [3.8, 4) is 28.4 Å². The monoisotopic (exact) mass is 544 g/mol. The van der Waals surface area contributed by atoms with E-state index < -0.39 is 0 Å². The first kappa shape index (κ1) is 26.3. The van der Waals surface area contributed by atoms with E-state index in [1.54, 1.807) is 60.1 Å². The lowest BCUT2D eigenvalue weighted by molar-refractivity contribution is -0.117. The summed E-state index contributed by atoms with van der Waals surface area (Å²) in [6, 6.07) is 20.2. The van der Waals surface area contributed by atoms with Gasteiger partial charge < -0.3 is 14.4 Å². The highest BCUT2D eigenvalue weighted by Crippen LogP contribution is 2.32. The summed E-state index contributed by atoms with van der Waals surface area (Å²) in [7, 11) is 3.14. The van der Waals surface area contributed by atoms with Crippen molar-refractivity contribution in [1.29, 1.82) is 0 Å². The molecule has 1 N–H and O–H groups in total. The van der Waals surface area contributed by atoms with Crippen LogP contribution in [0.25, 0.3) is 16.9 Å². The molecule has 4 aromatic rings. The van der Waals surface area contributed by atoms with Crippen molar-refractivity contribution in [3.05, 3.63) is 89.1 Å². The van der Waals surface area contributed by atoms with Gasteiger partial charge in [0.15, 0.2) is 11.5 Å². The Morgan fingerprint density at radius 2 is 1.69 bits per heavy atom. The maximum absolute atomic E-state index is 13.3. The number of benzene rings is 3. The highest BCUT2D eigenvalue weighted by Gasteiger charge is 2.34. The number of hydrogen-bond acceptors (Lipinski definition) is 5. The molecule has 39 heavy (non-hydrogen) atoms. The molecule has 0 spiro atoms. The second-order valence-electron chi connectivity index (χ2n) is 9.44. The molecule has 9 heteroatoms. The number of carbonyl (C=O) groups excluding carboxylic acids is 2. The van der Waals surface area contributed by atoms with Crippen molar-refractivity contribution in [1.82, 2.24) is 14.5 Å². The van der Waals surface area contributed by atoms with E-state index in [0.717, 1.165) is 24.0 Å². The van der Waals surface area contributed by atoms with Gasteiger partial charge in [0.1, 0.15) is 6.54 Å². The Hall–Kier alpha value is -4.30. The lowest BCUT2D eigenvalue weighted by Gasteiger charge is -2.22. The van der Waals surface area contributed by atoms with Crippen LogP contribution in [-0.2, 0) is 4.79 Å². The molecule has 1 fully saturated rings. The Bertz CT molecular complexity index is 1490. The van der Waals surface area contributed by atoms with Crippen LogP contribution in [0.5, 0.6) is 11.5 Å². The van der Waals surface area contributed by atoms with Gasteiger partial charge in [-0.3, -0.25) is 19.5 Å². The zero-order valence-electron chi connectivity index (χ0n) is 22.0. The van der Waals surface area contributed by atoms with Crippen molar-refractivity contribution in [2.45, 2.75) is 25.8 Å². The van der Waals surface area contributed by atoms with Crippen LogP contribution >= 0.6 is 11.6 Å². The Morgan fingerprint density at radius 1 is 1.00 bits per heavy atom. The molecule has 0 saturated heterocycles. The number of nitrogens with one attached hydrogen (secondary N) is 1. The second kappa shape index (κ2) is 11.2. The third-order valence-corrected chi connectivity index (χ3v) is 6.86. The molecule has 200 valence electrons. The molecule has 1 saturated carbocycles. The first-order chi connectivity index (χ1) is 18.9. The minimum absolute atomic E-state index is 0.0553. The number of imidazole rings is 1. The largest absolute Gasteiger partial charge is 0.493 e. The molecule has 0 atom stereocenters. The van der Waals surface area contributed by atoms with Gasteiger partial charge in [-0.15, -0.1) is 0 Å². The zero-order valence-corrected chi connectivity index (χ0v) is 22.7. The van der Waals surface area contributed by atoms with Gasteiger partial charge in [0.05, 0.1) is 25.6 Å². The van der Waals surface area contributed by atoms with E-state index in [4.69, 9.17) is 26.1 Å². The normalized spacial score (nSPS) is 12.6. The fourth-order valence-electron chi connectivity index (χ4n) is 4.33. The number of hydrogen-bond donors (Lipinski definition) is 1. The van der Waals surface area contributed by atoms with Crippen molar-refractivity contribution in [3.63, 3.8) is 0 Å². The fourth-order valence-corrected chi connectivity index (χ4v) is 4.46. The average molecular weight is 545 g/mol. The Balaban J connectivity index is 1.44. The molecule has 1 heterocycles. The summed E-state index contributed by atoms with van der Waals surface area (Å²) < 4.78 is 12.6. The number of amides is 2. The maximum Gasteiger partial charge on any atom is 0.254 e. The third-order valence-electron chi connectivity index (χ3n) is 6.60. The first-order valence-corrected chi connectivity index (χ1v) is 13.0. The van der Waals surface area contributed by atoms with Crippen molar-refractivity contribution < 1.29 is 19.1 Å². The van der Waals surface area contributed by atoms with Crippen LogP contribution in [0, 0.1) is 6.92 Å². The summed E-state index contributed by atoms with van der Waals surface area (Å²) in [6.45, 7) is 1.89. The molecular formula is C30H29ClN4O4. The molecule has 0 unspecified atom stereocenters. The highest BCUT2D eigenvalue weighted by molar-refractivity contribution is 6.30. The van der Waals surface area contributed by atoms with Gasteiger partial charge in [-0.2, -0.15) is 0 Å². The van der Waals surface area contributed by atoms with E-state index in [1.165, 1.54) is 0 Å². The van der Waals surface area contributed by atoms with Gasteiger partial charge in [-0.25, -0.2) is 4.98 Å². The number of halogens is 1. The summed E-state index contributed by atoms with van der Waals surface area (Å²) in [5, 5.41) is 3.54. The van der Waals surface area contributed by atoms with Gasteiger partial charge in [0.2, 0.25) is 11.9 Å². The molecule has 0 radical (unpaired) electrons. The Morgan fingerprint density at radius 3 is 2.33 bits per heavy atom. The van der Waals surface area contributed by atoms with E-state index in [1.807, 2.05) is 43.5 Å². The molecule has 2 amide bonds. The standard InChI is InChI=1S/C30H29ClN4O4/c1-19-4-6-21(7-5-19)29(37)34(23-12-13-23)18-28(36)33-30-32-25(20-8-10-22(31)11-9-20)17-35(30)24-14-15-26(38-2)27(16-24)39-3/h4-11,14-17,23H,12-13,18H2,1-3H3,(H,32,33,36). The summed E-state index contributed by atoms with van der Waals surface area (Å²) in [4.78, 5) is 32.9. The lowest BCUT2D eigenvalue weighted by Crippen LogP contribution is -2.39. The number of carbonyl (C=O) groups is 2. The molecule has 5 rings (SSSR count). The van der Waals surface area contributed by atoms with E-state index in [2.05, 4.69) is 5.32 Å². The van der Waals surface area contributed by atoms with Crippen LogP contribution in [0.2, 0.25) is 5.02 Å². The van der Waals surface area contributed by atoms with Crippen molar-refractivity contribution in [2.24, 2.45) is 0 Å². The van der Waals surface area contributed by atoms with Crippen LogP contribution in [0.1, 0.15) is 28.8 Å². The summed E-state index contributed by atoms with van der Waals surface area (Å²) in [5.41, 5.74) is 3.83. The van der Waals surface area contributed by atoms with Crippen LogP contribution in [0.3, 0.4) is 0 Å². The first-order valence-electron chi connectivity index (χ1n) is 12.6. The van der Waals surface area contributed by atoms with E-state index >= 15 is 0 Å². The molecule has 1 aliphatic carbocycles. The molecule has 1 aromatic heterocycles. The van der Waals surface area contributed by atoms with Crippen LogP contribution in [0.4, 0.5) is 5.95 Å². The van der Waals surface area contributed by atoms with Crippen LogP contribution in [0.15, 0.2) is 72.9 Å². The lowest BCUT2D eigenvalue weighted by atomic mass is 10.1. The highest BCUT2D eigenvalue weighted by atomic mass is 35.5. The van der Waals surface area contributed by atoms with Crippen molar-refractivity contribution >= 4 is 29.4 Å². The SMILES string of the molecule is COc1ccc(-n2cc(-c3ccc(Cl)cc3)nc2NC(=O)CN(C(=O)c2ccc(C)cc2)C2CC2)cc1OC. The summed E-state index contributed by atoms with van der Waals surface area (Å²) in [5.74, 6) is 0.947. The van der Waals surface area contributed by atoms with Gasteiger partial charge >= 0.3 is 0 Å². The number of aromatic nitrogens is 2. The van der Waals surface area contributed by atoms with Gasteiger partial charge in [-0.1, -0.05) is 41.4 Å². The van der Waals surface area contributed by atoms with Crippen molar-refractivity contribution in [2.75, 3.05) is 26.1 Å². The average Bonchev–Trinajstić information content (AvgIpc) is 3.71. The minimum Gasteiger partial charge on any atom is -0.493 e. The number of anilines is 1. The smallest absolute Gasteiger partial charge is 0.254 e. The van der Waals surface area contributed by atoms with E-state index in [9.17, 15) is 9.59 Å².